The lowest BCUT2D eigenvalue weighted by Crippen LogP contribution is -2.06. The zero-order chi connectivity index (χ0) is 11.9. The average Bonchev–Trinajstić information content (AvgIpc) is 2.36. The highest BCUT2D eigenvalue weighted by Gasteiger charge is 1.94. The molecule has 1 aromatic heterocycles. The molecule has 17 heavy (non-hydrogen) atoms. The molecule has 1 aromatic carbocycles. The Balaban J connectivity index is 1.73. The van der Waals surface area contributed by atoms with Crippen LogP contribution in [0, 0.1) is 0 Å². The first-order valence-electron chi connectivity index (χ1n) is 5.31. The average molecular weight is 293 g/mol. The number of nitrogens with one attached hydrogen (secondary N) is 1. The van der Waals surface area contributed by atoms with Gasteiger partial charge in [0.25, 0.3) is 0 Å². The molecule has 0 atom stereocenters. The Labute approximate surface area is 109 Å². The van der Waals surface area contributed by atoms with Gasteiger partial charge in [0, 0.05) is 10.7 Å². The van der Waals surface area contributed by atoms with Gasteiger partial charge in [-0.3, -0.25) is 4.98 Å². The number of benzene rings is 1. The molecule has 0 spiro atoms. The van der Waals surface area contributed by atoms with Crippen molar-refractivity contribution < 1.29 is 4.74 Å². The van der Waals surface area contributed by atoms with Crippen molar-refractivity contribution in [2.45, 2.75) is 6.61 Å². The predicted molar refractivity (Wildman–Crippen MR) is 71.7 cm³/mol. The van der Waals surface area contributed by atoms with Crippen molar-refractivity contribution in [3.63, 3.8) is 0 Å². The van der Waals surface area contributed by atoms with Gasteiger partial charge in [0.05, 0.1) is 18.5 Å². The molecule has 88 valence electrons. The van der Waals surface area contributed by atoms with Crippen LogP contribution in [0.2, 0.25) is 0 Å². The van der Waals surface area contributed by atoms with Crippen molar-refractivity contribution in [1.29, 1.82) is 0 Å². The van der Waals surface area contributed by atoms with Crippen LogP contribution >= 0.6 is 15.9 Å². The smallest absolute Gasteiger partial charge is 0.116 e. The predicted octanol–water partition coefficient (Wildman–Crippen LogP) is 3.43. The van der Waals surface area contributed by atoms with Crippen molar-refractivity contribution in [3.05, 3.63) is 58.8 Å². The van der Waals surface area contributed by atoms with Crippen LogP contribution in [0.4, 0.5) is 5.69 Å². The highest BCUT2D eigenvalue weighted by Crippen LogP contribution is 2.13. The lowest BCUT2D eigenvalue weighted by molar-refractivity contribution is 0.138. The van der Waals surface area contributed by atoms with E-state index in [0.29, 0.717) is 13.3 Å². The van der Waals surface area contributed by atoms with Crippen LogP contribution in [-0.4, -0.2) is 11.7 Å². The van der Waals surface area contributed by atoms with E-state index in [2.05, 4.69) is 26.2 Å². The quantitative estimate of drug-likeness (QED) is 0.677. The molecule has 0 saturated carbocycles. The van der Waals surface area contributed by atoms with Gasteiger partial charge < -0.3 is 10.1 Å². The number of hydrogen-bond donors (Lipinski definition) is 1. The van der Waals surface area contributed by atoms with Gasteiger partial charge in [-0.05, 0) is 27.6 Å². The second-order valence-corrected chi connectivity index (χ2v) is 4.46. The summed E-state index contributed by atoms with van der Waals surface area (Å²) < 4.78 is 6.46. The molecular weight excluding hydrogens is 280 g/mol. The molecule has 2 rings (SSSR count). The topological polar surface area (TPSA) is 34.2 Å². The van der Waals surface area contributed by atoms with Gasteiger partial charge in [0.1, 0.15) is 6.73 Å². The first-order chi connectivity index (χ1) is 8.34. The molecule has 0 radical (unpaired) electrons. The molecule has 0 bridgehead atoms. The highest BCUT2D eigenvalue weighted by molar-refractivity contribution is 9.10. The van der Waals surface area contributed by atoms with Gasteiger partial charge in [-0.15, -0.1) is 0 Å². The van der Waals surface area contributed by atoms with E-state index in [1.165, 1.54) is 5.56 Å². The van der Waals surface area contributed by atoms with E-state index in [4.69, 9.17) is 4.74 Å². The molecule has 3 nitrogen and oxygen atoms in total. The Bertz CT molecular complexity index is 462. The fraction of sp³-hybridized carbons (Fsp3) is 0.154. The number of rotatable bonds is 5. The standard InChI is InChI=1S/C13H13BrN2O/c14-12-6-13(8-15-7-12)16-10-17-9-11-4-2-1-3-5-11/h1-8,16H,9-10H2. The maximum absolute atomic E-state index is 5.51. The van der Waals surface area contributed by atoms with E-state index in [1.54, 1.807) is 12.4 Å². The Morgan fingerprint density at radius 2 is 2.00 bits per heavy atom. The second kappa shape index (κ2) is 6.37. The van der Waals surface area contributed by atoms with Gasteiger partial charge in [-0.25, -0.2) is 0 Å². The number of nitrogens with zero attached hydrogens (tertiary/aromatic N) is 1. The number of ether oxygens (including phenoxy) is 1. The Morgan fingerprint density at radius 1 is 1.18 bits per heavy atom. The van der Waals surface area contributed by atoms with Gasteiger partial charge in [0.2, 0.25) is 0 Å². The van der Waals surface area contributed by atoms with Crippen LogP contribution in [-0.2, 0) is 11.3 Å². The van der Waals surface area contributed by atoms with Crippen molar-refractivity contribution in [2.75, 3.05) is 12.0 Å². The monoisotopic (exact) mass is 292 g/mol. The molecule has 0 unspecified atom stereocenters. The molecule has 4 heteroatoms. The normalized spacial score (nSPS) is 10.2. The summed E-state index contributed by atoms with van der Waals surface area (Å²) in [5.41, 5.74) is 2.11. The lowest BCUT2D eigenvalue weighted by Gasteiger charge is -2.07. The van der Waals surface area contributed by atoms with E-state index in [-0.39, 0.29) is 0 Å². The first-order valence-corrected chi connectivity index (χ1v) is 6.10. The van der Waals surface area contributed by atoms with E-state index in [0.717, 1.165) is 10.2 Å². The summed E-state index contributed by atoms with van der Waals surface area (Å²) in [6.07, 6.45) is 3.51. The summed E-state index contributed by atoms with van der Waals surface area (Å²) in [5.74, 6) is 0. The van der Waals surface area contributed by atoms with Gasteiger partial charge in [-0.1, -0.05) is 30.3 Å². The van der Waals surface area contributed by atoms with Crippen molar-refractivity contribution in [3.8, 4) is 0 Å². The van der Waals surface area contributed by atoms with E-state index >= 15 is 0 Å². The van der Waals surface area contributed by atoms with Crippen molar-refractivity contribution >= 4 is 21.6 Å². The fourth-order valence-corrected chi connectivity index (χ4v) is 1.75. The van der Waals surface area contributed by atoms with Crippen LogP contribution in [0.5, 0.6) is 0 Å². The number of anilines is 1. The van der Waals surface area contributed by atoms with E-state index < -0.39 is 0 Å². The molecule has 0 aliphatic carbocycles. The summed E-state index contributed by atoms with van der Waals surface area (Å²) in [7, 11) is 0. The molecule has 1 heterocycles. The Morgan fingerprint density at radius 3 is 2.76 bits per heavy atom. The fourth-order valence-electron chi connectivity index (χ4n) is 1.39. The SMILES string of the molecule is Brc1cncc(NCOCc2ccccc2)c1. The third-order valence-corrected chi connectivity index (χ3v) is 2.63. The first kappa shape index (κ1) is 12.1. The summed E-state index contributed by atoms with van der Waals surface area (Å²) in [6, 6.07) is 12.0. The number of hydrogen-bond acceptors (Lipinski definition) is 3. The highest BCUT2D eigenvalue weighted by atomic mass is 79.9. The summed E-state index contributed by atoms with van der Waals surface area (Å²) in [4.78, 5) is 4.06. The third-order valence-electron chi connectivity index (χ3n) is 2.19. The number of aromatic nitrogens is 1. The number of halogens is 1. The molecule has 2 aromatic rings. The van der Waals surface area contributed by atoms with Crippen LogP contribution < -0.4 is 5.32 Å². The largest absolute Gasteiger partial charge is 0.361 e. The van der Waals surface area contributed by atoms with E-state index in [9.17, 15) is 0 Å². The van der Waals surface area contributed by atoms with Crippen LogP contribution in [0.1, 0.15) is 5.56 Å². The van der Waals surface area contributed by atoms with Crippen LogP contribution in [0.15, 0.2) is 53.3 Å². The molecule has 0 saturated heterocycles. The van der Waals surface area contributed by atoms with Gasteiger partial charge in [0.15, 0.2) is 0 Å². The van der Waals surface area contributed by atoms with Crippen LogP contribution in [0.3, 0.4) is 0 Å². The molecule has 1 N–H and O–H groups in total. The molecular formula is C13H13BrN2O. The maximum atomic E-state index is 5.51. The third kappa shape index (κ3) is 4.17. The minimum Gasteiger partial charge on any atom is -0.361 e. The van der Waals surface area contributed by atoms with Gasteiger partial charge >= 0.3 is 0 Å². The maximum Gasteiger partial charge on any atom is 0.116 e. The van der Waals surface area contributed by atoms with Gasteiger partial charge in [-0.2, -0.15) is 0 Å². The van der Waals surface area contributed by atoms with Crippen molar-refractivity contribution in [1.82, 2.24) is 4.98 Å². The molecule has 0 aliphatic heterocycles. The Kier molecular flexibility index (Phi) is 4.53. The second-order valence-electron chi connectivity index (χ2n) is 3.55. The lowest BCUT2D eigenvalue weighted by atomic mass is 10.2. The zero-order valence-corrected chi connectivity index (χ0v) is 10.9. The summed E-state index contributed by atoms with van der Waals surface area (Å²) in [6.45, 7) is 1.07. The molecule has 0 amide bonds. The summed E-state index contributed by atoms with van der Waals surface area (Å²) in [5, 5.41) is 3.14. The minimum atomic E-state index is 0.465. The molecule has 0 fully saturated rings. The van der Waals surface area contributed by atoms with E-state index in [1.807, 2.05) is 36.4 Å². The Hall–Kier alpha value is -1.39. The summed E-state index contributed by atoms with van der Waals surface area (Å²) >= 11 is 3.36. The number of pyridine rings is 1. The van der Waals surface area contributed by atoms with Crippen LogP contribution in [0.25, 0.3) is 0 Å². The zero-order valence-electron chi connectivity index (χ0n) is 9.27. The van der Waals surface area contributed by atoms with Crippen molar-refractivity contribution in [2.24, 2.45) is 0 Å². The minimum absolute atomic E-state index is 0.465. The molecule has 0 aliphatic rings.